The Balaban J connectivity index is 2.89. The summed E-state index contributed by atoms with van der Waals surface area (Å²) in [5.41, 5.74) is 0.889. The van der Waals surface area contributed by atoms with Gasteiger partial charge in [-0.2, -0.15) is 0 Å². The SMILES string of the molecule is CCCCCN(C)c1cccc(F)c1C(C)=O. The van der Waals surface area contributed by atoms with Gasteiger partial charge in [-0.05, 0) is 25.5 Å². The van der Waals surface area contributed by atoms with E-state index >= 15 is 0 Å². The normalized spacial score (nSPS) is 10.4. The Morgan fingerprint density at radius 1 is 1.35 bits per heavy atom. The molecular formula is C14H20FNO. The molecule has 0 bridgehead atoms. The van der Waals surface area contributed by atoms with Gasteiger partial charge in [0.05, 0.1) is 11.3 Å². The van der Waals surface area contributed by atoms with Gasteiger partial charge in [0.25, 0.3) is 0 Å². The first kappa shape index (κ1) is 13.7. The summed E-state index contributed by atoms with van der Waals surface area (Å²) in [5, 5.41) is 0. The number of rotatable bonds is 6. The van der Waals surface area contributed by atoms with Gasteiger partial charge in [0.2, 0.25) is 0 Å². The van der Waals surface area contributed by atoms with E-state index in [1.807, 2.05) is 11.9 Å². The van der Waals surface area contributed by atoms with Crippen LogP contribution in [-0.2, 0) is 0 Å². The van der Waals surface area contributed by atoms with Gasteiger partial charge >= 0.3 is 0 Å². The van der Waals surface area contributed by atoms with E-state index in [1.165, 1.54) is 13.0 Å². The minimum Gasteiger partial charge on any atom is -0.374 e. The van der Waals surface area contributed by atoms with Crippen molar-refractivity contribution >= 4 is 11.5 Å². The lowest BCUT2D eigenvalue weighted by atomic mass is 10.1. The van der Waals surface area contributed by atoms with Gasteiger partial charge in [0.1, 0.15) is 5.82 Å². The van der Waals surface area contributed by atoms with E-state index in [0.717, 1.165) is 25.8 Å². The third-order valence-electron chi connectivity index (χ3n) is 2.85. The van der Waals surface area contributed by atoms with Crippen LogP contribution in [0.2, 0.25) is 0 Å². The fourth-order valence-electron chi connectivity index (χ4n) is 1.90. The van der Waals surface area contributed by atoms with Crippen molar-refractivity contribution in [3.8, 4) is 0 Å². The summed E-state index contributed by atoms with van der Waals surface area (Å²) in [6, 6.07) is 4.78. The van der Waals surface area contributed by atoms with E-state index in [-0.39, 0.29) is 11.3 Å². The molecule has 0 aromatic heterocycles. The monoisotopic (exact) mass is 237 g/mol. The highest BCUT2D eigenvalue weighted by Gasteiger charge is 2.15. The van der Waals surface area contributed by atoms with Crippen molar-refractivity contribution in [2.24, 2.45) is 0 Å². The molecule has 17 heavy (non-hydrogen) atoms. The highest BCUT2D eigenvalue weighted by Crippen LogP contribution is 2.23. The molecule has 0 fully saturated rings. The number of halogens is 1. The van der Waals surface area contributed by atoms with E-state index < -0.39 is 5.82 Å². The number of nitrogens with zero attached hydrogens (tertiary/aromatic N) is 1. The average molecular weight is 237 g/mol. The van der Waals surface area contributed by atoms with Crippen molar-refractivity contribution in [3.05, 3.63) is 29.6 Å². The molecular weight excluding hydrogens is 217 g/mol. The Hall–Kier alpha value is -1.38. The molecule has 0 aliphatic rings. The van der Waals surface area contributed by atoms with Gasteiger partial charge in [-0.15, -0.1) is 0 Å². The summed E-state index contributed by atoms with van der Waals surface area (Å²) < 4.78 is 13.6. The van der Waals surface area contributed by atoms with Crippen LogP contribution in [-0.4, -0.2) is 19.4 Å². The van der Waals surface area contributed by atoms with E-state index in [2.05, 4.69) is 6.92 Å². The van der Waals surface area contributed by atoms with Crippen LogP contribution in [0.4, 0.5) is 10.1 Å². The maximum Gasteiger partial charge on any atom is 0.164 e. The minimum absolute atomic E-state index is 0.200. The Labute approximate surface area is 102 Å². The molecule has 0 saturated heterocycles. The fourth-order valence-corrected chi connectivity index (χ4v) is 1.90. The minimum atomic E-state index is -0.433. The lowest BCUT2D eigenvalue weighted by Gasteiger charge is -2.21. The van der Waals surface area contributed by atoms with Crippen molar-refractivity contribution in [1.29, 1.82) is 0 Å². The zero-order chi connectivity index (χ0) is 12.8. The molecule has 0 saturated carbocycles. The van der Waals surface area contributed by atoms with Crippen LogP contribution in [0.15, 0.2) is 18.2 Å². The molecule has 0 spiro atoms. The van der Waals surface area contributed by atoms with Gasteiger partial charge in [-0.25, -0.2) is 4.39 Å². The number of Topliss-reactive ketones (excluding diaryl/α,β-unsaturated/α-hetero) is 1. The zero-order valence-corrected chi connectivity index (χ0v) is 10.8. The number of ketones is 1. The quantitative estimate of drug-likeness (QED) is 0.556. The molecule has 0 aliphatic carbocycles. The average Bonchev–Trinajstić information content (AvgIpc) is 2.28. The second kappa shape index (κ2) is 6.38. The maximum absolute atomic E-state index is 13.6. The molecule has 0 unspecified atom stereocenters. The summed E-state index contributed by atoms with van der Waals surface area (Å²) in [6.07, 6.45) is 3.35. The lowest BCUT2D eigenvalue weighted by molar-refractivity contribution is 0.101. The van der Waals surface area contributed by atoms with Crippen molar-refractivity contribution in [3.63, 3.8) is 0 Å². The molecule has 0 radical (unpaired) electrons. The van der Waals surface area contributed by atoms with Gasteiger partial charge in [0.15, 0.2) is 5.78 Å². The maximum atomic E-state index is 13.6. The summed E-state index contributed by atoms with van der Waals surface area (Å²) in [7, 11) is 1.90. The van der Waals surface area contributed by atoms with E-state index in [1.54, 1.807) is 12.1 Å². The molecule has 0 N–H and O–H groups in total. The molecule has 0 amide bonds. The van der Waals surface area contributed by atoms with Gasteiger partial charge in [0, 0.05) is 13.6 Å². The smallest absolute Gasteiger partial charge is 0.164 e. The molecule has 0 aliphatic heterocycles. The van der Waals surface area contributed by atoms with Crippen LogP contribution in [0.3, 0.4) is 0 Å². The summed E-state index contributed by atoms with van der Waals surface area (Å²) in [4.78, 5) is 13.4. The summed E-state index contributed by atoms with van der Waals surface area (Å²) in [5.74, 6) is -0.655. The molecule has 2 nitrogen and oxygen atoms in total. The number of carbonyl (C=O) groups is 1. The van der Waals surface area contributed by atoms with Crippen molar-refractivity contribution in [2.45, 2.75) is 33.1 Å². The topological polar surface area (TPSA) is 20.3 Å². The van der Waals surface area contributed by atoms with E-state index in [4.69, 9.17) is 0 Å². The predicted molar refractivity (Wildman–Crippen MR) is 69.2 cm³/mol. The number of benzene rings is 1. The first-order chi connectivity index (χ1) is 8.07. The molecule has 94 valence electrons. The van der Waals surface area contributed by atoms with Gasteiger partial charge in [-0.3, -0.25) is 4.79 Å². The van der Waals surface area contributed by atoms with E-state index in [9.17, 15) is 9.18 Å². The first-order valence-corrected chi connectivity index (χ1v) is 6.08. The fraction of sp³-hybridized carbons (Fsp3) is 0.500. The van der Waals surface area contributed by atoms with Crippen LogP contribution in [0.1, 0.15) is 43.5 Å². The van der Waals surface area contributed by atoms with Crippen molar-refractivity contribution in [1.82, 2.24) is 0 Å². The molecule has 1 aromatic rings. The molecule has 0 atom stereocenters. The van der Waals surface area contributed by atoms with Crippen molar-refractivity contribution in [2.75, 3.05) is 18.5 Å². The summed E-state index contributed by atoms with van der Waals surface area (Å²) >= 11 is 0. The number of carbonyl (C=O) groups excluding carboxylic acids is 1. The molecule has 3 heteroatoms. The van der Waals surface area contributed by atoms with Crippen LogP contribution >= 0.6 is 0 Å². The Bertz CT molecular complexity index is 390. The Morgan fingerprint density at radius 2 is 2.06 bits per heavy atom. The van der Waals surface area contributed by atoms with E-state index in [0.29, 0.717) is 5.69 Å². The zero-order valence-electron chi connectivity index (χ0n) is 10.8. The van der Waals surface area contributed by atoms with Gasteiger partial charge in [-0.1, -0.05) is 25.8 Å². The molecule has 0 heterocycles. The second-order valence-electron chi connectivity index (χ2n) is 4.32. The number of unbranched alkanes of at least 4 members (excludes halogenated alkanes) is 2. The standard InChI is InChI=1S/C14H20FNO/c1-4-5-6-10-16(3)13-9-7-8-12(15)14(13)11(2)17/h7-9H,4-6,10H2,1-3H3. The third-order valence-corrected chi connectivity index (χ3v) is 2.85. The number of anilines is 1. The van der Waals surface area contributed by atoms with Crippen LogP contribution < -0.4 is 4.90 Å². The molecule has 1 rings (SSSR count). The van der Waals surface area contributed by atoms with Crippen LogP contribution in [0.5, 0.6) is 0 Å². The predicted octanol–water partition coefficient (Wildman–Crippen LogP) is 3.65. The lowest BCUT2D eigenvalue weighted by Crippen LogP contribution is -2.21. The third kappa shape index (κ3) is 3.55. The molecule has 1 aromatic carbocycles. The highest BCUT2D eigenvalue weighted by molar-refractivity contribution is 5.99. The number of hydrogen-bond acceptors (Lipinski definition) is 2. The Morgan fingerprint density at radius 3 is 2.65 bits per heavy atom. The second-order valence-corrected chi connectivity index (χ2v) is 4.32. The largest absolute Gasteiger partial charge is 0.374 e. The Kier molecular flexibility index (Phi) is 5.13. The highest BCUT2D eigenvalue weighted by atomic mass is 19.1. The number of hydrogen-bond donors (Lipinski definition) is 0. The van der Waals surface area contributed by atoms with Gasteiger partial charge < -0.3 is 4.90 Å². The first-order valence-electron chi connectivity index (χ1n) is 6.08. The van der Waals surface area contributed by atoms with Crippen LogP contribution in [0, 0.1) is 5.82 Å². The van der Waals surface area contributed by atoms with Crippen molar-refractivity contribution < 1.29 is 9.18 Å². The summed E-state index contributed by atoms with van der Waals surface area (Å²) in [6.45, 7) is 4.39. The van der Waals surface area contributed by atoms with Crippen LogP contribution in [0.25, 0.3) is 0 Å².